The summed E-state index contributed by atoms with van der Waals surface area (Å²) in [5, 5.41) is 4.12. The number of hydrogen-bond donors (Lipinski definition) is 1. The molecule has 1 aromatic heterocycles. The standard InChI is InChI=1S/C24H22Cl2N4O2/c25-17-8-6-15(7-9-17)21-13-30(20-3-1-2-18(26)12-20)24(27-21)28-22(31)14-29(19-10-11-19)23(32)16-4-5-16/h1-3,6-9,12-13,16,19H,4-5,10-11,14H2,(H,27,28,31). The van der Waals surface area contributed by atoms with Crippen molar-refractivity contribution in [2.75, 3.05) is 11.9 Å². The minimum atomic E-state index is -0.262. The molecule has 2 aliphatic carbocycles. The van der Waals surface area contributed by atoms with Crippen molar-refractivity contribution in [1.82, 2.24) is 14.5 Å². The molecule has 1 N–H and O–H groups in total. The van der Waals surface area contributed by atoms with Gasteiger partial charge in [0.2, 0.25) is 17.8 Å². The van der Waals surface area contributed by atoms with E-state index in [1.807, 2.05) is 30.5 Å². The molecule has 5 rings (SSSR count). The number of carbonyl (C=O) groups excluding carboxylic acids is 2. The molecule has 2 fully saturated rings. The van der Waals surface area contributed by atoms with E-state index in [4.69, 9.17) is 23.2 Å². The monoisotopic (exact) mass is 468 g/mol. The summed E-state index contributed by atoms with van der Waals surface area (Å²) in [5.41, 5.74) is 2.33. The van der Waals surface area contributed by atoms with Crippen LogP contribution in [0.25, 0.3) is 16.9 Å². The van der Waals surface area contributed by atoms with Gasteiger partial charge in [-0.2, -0.15) is 0 Å². The fraction of sp³-hybridized carbons (Fsp3) is 0.292. The second-order valence-corrected chi connectivity index (χ2v) is 9.20. The van der Waals surface area contributed by atoms with Crippen LogP contribution >= 0.6 is 23.2 Å². The zero-order valence-electron chi connectivity index (χ0n) is 17.3. The molecule has 32 heavy (non-hydrogen) atoms. The SMILES string of the molecule is O=C(CN(C(=O)C1CC1)C1CC1)Nc1nc(-c2ccc(Cl)cc2)cn1-c1cccc(Cl)c1. The number of nitrogens with one attached hydrogen (secondary N) is 1. The molecule has 0 saturated heterocycles. The molecule has 2 saturated carbocycles. The lowest BCUT2D eigenvalue weighted by Gasteiger charge is -2.21. The Balaban J connectivity index is 1.42. The average Bonchev–Trinajstić information content (AvgIpc) is 3.70. The second-order valence-electron chi connectivity index (χ2n) is 8.33. The molecule has 0 aliphatic heterocycles. The van der Waals surface area contributed by atoms with E-state index in [0.717, 1.165) is 36.9 Å². The summed E-state index contributed by atoms with van der Waals surface area (Å²) in [6, 6.07) is 14.9. The average molecular weight is 469 g/mol. The first-order valence-corrected chi connectivity index (χ1v) is 11.4. The van der Waals surface area contributed by atoms with Crippen LogP contribution in [0.2, 0.25) is 10.0 Å². The Morgan fingerprint density at radius 1 is 1.03 bits per heavy atom. The van der Waals surface area contributed by atoms with Crippen LogP contribution in [0, 0.1) is 5.92 Å². The van der Waals surface area contributed by atoms with Crippen molar-refractivity contribution in [1.29, 1.82) is 0 Å². The summed E-state index contributed by atoms with van der Waals surface area (Å²) >= 11 is 12.2. The number of anilines is 1. The van der Waals surface area contributed by atoms with Gasteiger partial charge in [-0.3, -0.25) is 19.5 Å². The number of imidazole rings is 1. The first-order valence-electron chi connectivity index (χ1n) is 10.7. The van der Waals surface area contributed by atoms with E-state index >= 15 is 0 Å². The summed E-state index contributed by atoms with van der Waals surface area (Å²) < 4.78 is 1.79. The zero-order chi connectivity index (χ0) is 22.2. The molecule has 0 spiro atoms. The van der Waals surface area contributed by atoms with Crippen LogP contribution < -0.4 is 5.32 Å². The molecule has 6 nitrogen and oxygen atoms in total. The predicted octanol–water partition coefficient (Wildman–Crippen LogP) is 5.19. The van der Waals surface area contributed by atoms with Gasteiger partial charge in [0.1, 0.15) is 6.54 Å². The molecule has 2 aromatic carbocycles. The second kappa shape index (κ2) is 8.60. The van der Waals surface area contributed by atoms with Crippen molar-refractivity contribution in [3.63, 3.8) is 0 Å². The number of aromatic nitrogens is 2. The Morgan fingerprint density at radius 2 is 1.78 bits per heavy atom. The van der Waals surface area contributed by atoms with Gasteiger partial charge in [0.25, 0.3) is 0 Å². The Labute approximate surface area is 196 Å². The summed E-state index contributed by atoms with van der Waals surface area (Å²) in [4.78, 5) is 32.0. The maximum Gasteiger partial charge on any atom is 0.246 e. The van der Waals surface area contributed by atoms with Gasteiger partial charge in [-0.25, -0.2) is 4.98 Å². The Hall–Kier alpha value is -2.83. The molecule has 0 bridgehead atoms. The molecule has 0 radical (unpaired) electrons. The number of nitrogens with zero attached hydrogens (tertiary/aromatic N) is 3. The third-order valence-corrected chi connectivity index (χ3v) is 6.18. The third-order valence-electron chi connectivity index (χ3n) is 5.69. The molecular formula is C24H22Cl2N4O2. The highest BCUT2D eigenvalue weighted by Gasteiger charge is 2.40. The van der Waals surface area contributed by atoms with Crippen LogP contribution in [0.5, 0.6) is 0 Å². The molecule has 3 aromatic rings. The Bertz CT molecular complexity index is 1170. The number of rotatable bonds is 7. The molecular weight excluding hydrogens is 447 g/mol. The minimum absolute atomic E-state index is 0.0404. The predicted molar refractivity (Wildman–Crippen MR) is 125 cm³/mol. The molecule has 8 heteroatoms. The number of halogens is 2. The van der Waals surface area contributed by atoms with Crippen LogP contribution in [0.4, 0.5) is 5.95 Å². The fourth-order valence-corrected chi connectivity index (χ4v) is 4.02. The highest BCUT2D eigenvalue weighted by atomic mass is 35.5. The quantitative estimate of drug-likeness (QED) is 0.518. The van der Waals surface area contributed by atoms with E-state index in [1.54, 1.807) is 33.7 Å². The highest BCUT2D eigenvalue weighted by Crippen LogP contribution is 2.36. The molecule has 2 amide bonds. The minimum Gasteiger partial charge on any atom is -0.330 e. The summed E-state index contributed by atoms with van der Waals surface area (Å²) in [6.45, 7) is 0.0404. The zero-order valence-corrected chi connectivity index (χ0v) is 18.8. The van der Waals surface area contributed by atoms with Crippen LogP contribution in [-0.2, 0) is 9.59 Å². The lowest BCUT2D eigenvalue weighted by molar-refractivity contribution is -0.136. The highest BCUT2D eigenvalue weighted by molar-refractivity contribution is 6.31. The lowest BCUT2D eigenvalue weighted by atomic mass is 10.2. The van der Waals surface area contributed by atoms with Gasteiger partial charge in [-0.1, -0.05) is 41.4 Å². The Morgan fingerprint density at radius 3 is 2.44 bits per heavy atom. The van der Waals surface area contributed by atoms with Crippen molar-refractivity contribution in [2.45, 2.75) is 31.7 Å². The van der Waals surface area contributed by atoms with Gasteiger partial charge >= 0.3 is 0 Å². The maximum atomic E-state index is 12.9. The van der Waals surface area contributed by atoms with Crippen LogP contribution in [0.15, 0.2) is 54.7 Å². The van der Waals surface area contributed by atoms with Crippen LogP contribution in [-0.4, -0.2) is 38.9 Å². The molecule has 2 aliphatic rings. The third kappa shape index (κ3) is 4.66. The van der Waals surface area contributed by atoms with Crippen molar-refractivity contribution in [3.8, 4) is 16.9 Å². The van der Waals surface area contributed by atoms with E-state index in [9.17, 15) is 9.59 Å². The molecule has 164 valence electrons. The lowest BCUT2D eigenvalue weighted by Crippen LogP contribution is -2.40. The smallest absolute Gasteiger partial charge is 0.246 e. The number of hydrogen-bond acceptors (Lipinski definition) is 3. The van der Waals surface area contributed by atoms with Gasteiger partial charge in [0.15, 0.2) is 0 Å². The van der Waals surface area contributed by atoms with Gasteiger partial charge in [0.05, 0.1) is 5.69 Å². The molecule has 0 atom stereocenters. The first-order chi connectivity index (χ1) is 15.5. The van der Waals surface area contributed by atoms with E-state index in [-0.39, 0.29) is 30.3 Å². The number of amides is 2. The normalized spacial score (nSPS) is 15.4. The van der Waals surface area contributed by atoms with Crippen molar-refractivity contribution >= 4 is 41.0 Å². The largest absolute Gasteiger partial charge is 0.330 e. The van der Waals surface area contributed by atoms with E-state index in [1.165, 1.54) is 0 Å². The van der Waals surface area contributed by atoms with Gasteiger partial charge in [-0.15, -0.1) is 0 Å². The van der Waals surface area contributed by atoms with E-state index < -0.39 is 0 Å². The van der Waals surface area contributed by atoms with Gasteiger partial charge in [-0.05, 0) is 56.0 Å². The topological polar surface area (TPSA) is 67.2 Å². The summed E-state index contributed by atoms with van der Waals surface area (Å²) in [7, 11) is 0. The number of benzene rings is 2. The van der Waals surface area contributed by atoms with Gasteiger partial charge < -0.3 is 4.90 Å². The Kier molecular flexibility index (Phi) is 5.66. The summed E-state index contributed by atoms with van der Waals surface area (Å²) in [5.74, 6) is 0.301. The number of carbonyl (C=O) groups is 2. The van der Waals surface area contributed by atoms with Crippen molar-refractivity contribution in [3.05, 3.63) is 64.8 Å². The van der Waals surface area contributed by atoms with E-state index in [0.29, 0.717) is 21.7 Å². The maximum absolute atomic E-state index is 12.9. The van der Waals surface area contributed by atoms with Crippen molar-refractivity contribution < 1.29 is 9.59 Å². The fourth-order valence-electron chi connectivity index (χ4n) is 3.71. The molecule has 1 heterocycles. The van der Waals surface area contributed by atoms with Gasteiger partial charge in [0, 0.05) is 39.5 Å². The van der Waals surface area contributed by atoms with Crippen LogP contribution in [0.1, 0.15) is 25.7 Å². The van der Waals surface area contributed by atoms with E-state index in [2.05, 4.69) is 10.3 Å². The van der Waals surface area contributed by atoms with Crippen LogP contribution in [0.3, 0.4) is 0 Å². The summed E-state index contributed by atoms with van der Waals surface area (Å²) in [6.07, 6.45) is 5.62. The molecule has 0 unspecified atom stereocenters. The van der Waals surface area contributed by atoms with Crippen molar-refractivity contribution in [2.24, 2.45) is 5.92 Å². The first kappa shape index (κ1) is 21.0.